The molecule has 6 aromatic rings. The number of aromatic amines is 1. The first-order chi connectivity index (χ1) is 21.7. The minimum atomic E-state index is -3.95. The third kappa shape index (κ3) is 4.36. The number of fused-ring (bicyclic) bond motifs is 4. The van der Waals surface area contributed by atoms with Crippen LogP contribution in [0.1, 0.15) is 17.4 Å². The molecule has 0 saturated carbocycles. The van der Waals surface area contributed by atoms with Crippen LogP contribution < -0.4 is 11.2 Å². The van der Waals surface area contributed by atoms with Gasteiger partial charge in [0, 0.05) is 25.5 Å². The van der Waals surface area contributed by atoms with E-state index in [0.717, 1.165) is 44.5 Å². The number of benzene rings is 5. The fraction of sp³-hybridized carbons (Fsp3) is 0.235. The van der Waals surface area contributed by atoms with E-state index in [1.807, 2.05) is 18.2 Å². The molecule has 2 saturated heterocycles. The summed E-state index contributed by atoms with van der Waals surface area (Å²) in [6, 6.07) is 22.8. The number of methoxy groups -OCH3 is 1. The fourth-order valence-corrected chi connectivity index (χ4v) is 7.72. The van der Waals surface area contributed by atoms with Gasteiger partial charge in [0.15, 0.2) is 6.23 Å². The van der Waals surface area contributed by atoms with Gasteiger partial charge in [-0.1, -0.05) is 72.5 Å². The van der Waals surface area contributed by atoms with Gasteiger partial charge < -0.3 is 19.1 Å². The molecule has 11 heteroatoms. The van der Waals surface area contributed by atoms with Crippen molar-refractivity contribution in [2.24, 2.45) is 0 Å². The van der Waals surface area contributed by atoms with Crippen molar-refractivity contribution in [1.29, 1.82) is 0 Å². The third-order valence-corrected chi connectivity index (χ3v) is 9.39. The second kappa shape index (κ2) is 10.1. The summed E-state index contributed by atoms with van der Waals surface area (Å²) in [5.74, 6) is 6.13. The van der Waals surface area contributed by atoms with E-state index in [1.165, 1.54) is 28.6 Å². The molecule has 3 heterocycles. The molecule has 2 bridgehead atoms. The Hall–Kier alpha value is -4.33. The highest BCUT2D eigenvalue weighted by Crippen LogP contribution is 2.52. The number of ether oxygens (including phenoxy) is 3. The lowest BCUT2D eigenvalue weighted by Crippen LogP contribution is -2.46. The summed E-state index contributed by atoms with van der Waals surface area (Å²) in [6.45, 7) is 1.11. The molecule has 2 N–H and O–H groups in total. The average molecular weight is 623 g/mol. The topological polar surface area (TPSA) is 129 Å². The van der Waals surface area contributed by atoms with Crippen LogP contribution >= 0.6 is 7.60 Å². The molecule has 5 aromatic carbocycles. The second-order valence-electron chi connectivity index (χ2n) is 11.7. The lowest BCUT2D eigenvalue weighted by Gasteiger charge is -2.31. The minimum absolute atomic E-state index is 0.000527. The normalized spacial score (nSPS) is 24.0. The molecular formula is C34H27N2O8P. The zero-order valence-electron chi connectivity index (χ0n) is 24.3. The Morgan fingerprint density at radius 2 is 1.60 bits per heavy atom. The van der Waals surface area contributed by atoms with Crippen molar-refractivity contribution in [2.75, 3.05) is 27.0 Å². The molecule has 0 aliphatic carbocycles. The molecule has 8 rings (SSSR count). The van der Waals surface area contributed by atoms with Crippen LogP contribution in [0.15, 0.2) is 82.5 Å². The molecule has 2 unspecified atom stereocenters. The molecule has 45 heavy (non-hydrogen) atoms. The average Bonchev–Trinajstić information content (AvgIpc) is 3.48. The second-order valence-corrected chi connectivity index (χ2v) is 13.5. The van der Waals surface area contributed by atoms with E-state index in [9.17, 15) is 19.0 Å². The number of nitrogens with one attached hydrogen (secondary N) is 1. The van der Waals surface area contributed by atoms with Gasteiger partial charge in [-0.3, -0.25) is 23.4 Å². The van der Waals surface area contributed by atoms with Crippen molar-refractivity contribution in [3.05, 3.63) is 105 Å². The Labute approximate surface area is 256 Å². The number of rotatable bonds is 5. The van der Waals surface area contributed by atoms with Gasteiger partial charge in [-0.15, -0.1) is 0 Å². The summed E-state index contributed by atoms with van der Waals surface area (Å²) in [7, 11) is -2.49. The highest BCUT2D eigenvalue weighted by atomic mass is 31.2. The Morgan fingerprint density at radius 3 is 2.31 bits per heavy atom. The molecule has 1 aromatic heterocycles. The number of hydrogen-bond acceptors (Lipinski definition) is 7. The monoisotopic (exact) mass is 622 g/mol. The molecule has 226 valence electrons. The highest BCUT2D eigenvalue weighted by Gasteiger charge is 2.64. The van der Waals surface area contributed by atoms with Crippen LogP contribution in [-0.4, -0.2) is 59.2 Å². The summed E-state index contributed by atoms with van der Waals surface area (Å²) in [5.41, 5.74) is -1.84. The lowest BCUT2D eigenvalue weighted by atomic mass is 9.88. The van der Waals surface area contributed by atoms with Crippen LogP contribution in [0.4, 0.5) is 0 Å². The van der Waals surface area contributed by atoms with E-state index in [4.69, 9.17) is 18.7 Å². The molecule has 2 aliphatic heterocycles. The zero-order chi connectivity index (χ0) is 31.1. The first-order valence-electron chi connectivity index (χ1n) is 14.4. The first kappa shape index (κ1) is 28.2. The van der Waals surface area contributed by atoms with Crippen molar-refractivity contribution in [2.45, 2.75) is 24.0 Å². The summed E-state index contributed by atoms with van der Waals surface area (Å²) < 4.78 is 36.2. The third-order valence-electron chi connectivity index (χ3n) is 8.77. The zero-order valence-corrected chi connectivity index (χ0v) is 25.2. The Balaban J connectivity index is 1.23. The summed E-state index contributed by atoms with van der Waals surface area (Å²) in [4.78, 5) is 38.2. The van der Waals surface area contributed by atoms with Crippen molar-refractivity contribution in [3.8, 4) is 11.8 Å². The quantitative estimate of drug-likeness (QED) is 0.125. The van der Waals surface area contributed by atoms with E-state index in [1.54, 1.807) is 0 Å². The van der Waals surface area contributed by atoms with Crippen molar-refractivity contribution < 1.29 is 28.2 Å². The molecule has 0 spiro atoms. The largest absolute Gasteiger partial charge is 0.381 e. The van der Waals surface area contributed by atoms with Gasteiger partial charge in [-0.2, -0.15) is 0 Å². The maximum atomic E-state index is 13.0. The molecule has 5 atom stereocenters. The van der Waals surface area contributed by atoms with Gasteiger partial charge in [0.1, 0.15) is 23.4 Å². The van der Waals surface area contributed by atoms with Gasteiger partial charge in [-0.25, -0.2) is 4.79 Å². The predicted octanol–water partition coefficient (Wildman–Crippen LogP) is 4.50. The number of nitrogens with zero attached hydrogens (tertiary/aromatic N) is 1. The fourth-order valence-electron chi connectivity index (χ4n) is 6.98. The number of H-pyrrole nitrogens is 1. The van der Waals surface area contributed by atoms with Crippen molar-refractivity contribution in [3.63, 3.8) is 0 Å². The van der Waals surface area contributed by atoms with Crippen molar-refractivity contribution >= 4 is 50.7 Å². The van der Waals surface area contributed by atoms with E-state index >= 15 is 0 Å². The molecular weight excluding hydrogens is 595 g/mol. The van der Waals surface area contributed by atoms with Crippen molar-refractivity contribution in [1.82, 2.24) is 9.55 Å². The lowest BCUT2D eigenvalue weighted by molar-refractivity contribution is -0.190. The Bertz CT molecular complexity index is 2350. The summed E-state index contributed by atoms with van der Waals surface area (Å²) in [5, 5.41) is 9.02. The molecule has 0 radical (unpaired) electrons. The SMILES string of the molecule is COC[C@@]12COC([C@H](n3cc(C#Cc4ccc5c6cccc7cccc(c8cccc4c85)c76)c(=O)[nH]c3=O)O1)[C@H]2OP(C)(=O)O. The van der Waals surface area contributed by atoms with E-state index < -0.39 is 42.9 Å². The maximum Gasteiger partial charge on any atom is 0.330 e. The molecule has 0 amide bonds. The molecule has 10 nitrogen and oxygen atoms in total. The van der Waals surface area contributed by atoms with Gasteiger partial charge >= 0.3 is 13.3 Å². The first-order valence-corrected chi connectivity index (χ1v) is 16.4. The number of aromatic nitrogens is 2. The van der Waals surface area contributed by atoms with Gasteiger partial charge in [0.25, 0.3) is 5.56 Å². The van der Waals surface area contributed by atoms with E-state index in [2.05, 4.69) is 65.4 Å². The number of hydrogen-bond donors (Lipinski definition) is 2. The molecule has 2 fully saturated rings. The van der Waals surface area contributed by atoms with Crippen LogP contribution in [-0.2, 0) is 23.3 Å². The standard InChI is InChI=1S/C34H27N2O8P/c1-41-17-34-18-42-29(30(34)44-45(2,39)40)32(43-34)36-16-21(31(37)35-33(36)38)13-12-19-14-15-26-24-10-4-7-20-6-3-9-23(27(20)24)25-11-5-8-22(19)28(25)26/h3-11,14-16,29-30,32H,17-18H2,1-2H3,(H,39,40)(H,35,37,38)/t29?,30-,32-,34+/m1/s1. The van der Waals surface area contributed by atoms with E-state index in [0.29, 0.717) is 0 Å². The Morgan fingerprint density at radius 1 is 0.956 bits per heavy atom. The van der Waals surface area contributed by atoms with Gasteiger partial charge in [0.2, 0.25) is 0 Å². The van der Waals surface area contributed by atoms with Crippen LogP contribution in [0.25, 0.3) is 43.1 Å². The highest BCUT2D eigenvalue weighted by molar-refractivity contribution is 7.51. The van der Waals surface area contributed by atoms with Gasteiger partial charge in [0.05, 0.1) is 13.2 Å². The smallest absolute Gasteiger partial charge is 0.330 e. The van der Waals surface area contributed by atoms with E-state index in [-0.39, 0.29) is 18.8 Å². The summed E-state index contributed by atoms with van der Waals surface area (Å²) >= 11 is 0. The van der Waals surface area contributed by atoms with Crippen LogP contribution in [0, 0.1) is 11.8 Å². The maximum absolute atomic E-state index is 13.0. The van der Waals surface area contributed by atoms with Crippen LogP contribution in [0.2, 0.25) is 0 Å². The van der Waals surface area contributed by atoms with Crippen LogP contribution in [0.5, 0.6) is 0 Å². The summed E-state index contributed by atoms with van der Waals surface area (Å²) in [6.07, 6.45) is -1.62. The van der Waals surface area contributed by atoms with Crippen LogP contribution in [0.3, 0.4) is 0 Å². The van der Waals surface area contributed by atoms with Gasteiger partial charge in [-0.05, 0) is 49.2 Å². The molecule has 2 aliphatic rings. The minimum Gasteiger partial charge on any atom is -0.381 e. The predicted molar refractivity (Wildman–Crippen MR) is 170 cm³/mol. The Kier molecular flexibility index (Phi) is 6.32.